The molecule has 0 unspecified atom stereocenters. The van der Waals surface area contributed by atoms with Gasteiger partial charge in [-0.1, -0.05) is 42.5 Å². The van der Waals surface area contributed by atoms with Gasteiger partial charge in [0.25, 0.3) is 5.91 Å². The lowest BCUT2D eigenvalue weighted by Gasteiger charge is -2.15. The number of carbonyl (C=O) groups is 2. The number of anilines is 1. The quantitative estimate of drug-likeness (QED) is 0.911. The smallest absolute Gasteiger partial charge is 0.321 e. The Morgan fingerprint density at radius 1 is 0.955 bits per heavy atom. The molecule has 22 heavy (non-hydrogen) atoms. The van der Waals surface area contributed by atoms with E-state index in [0.29, 0.717) is 17.8 Å². The Bertz CT molecular complexity index is 654. The summed E-state index contributed by atoms with van der Waals surface area (Å²) >= 11 is 0. The highest BCUT2D eigenvalue weighted by atomic mass is 16.2. The average molecular weight is 297 g/mol. The lowest BCUT2D eigenvalue weighted by molar-refractivity contribution is 0.0952. The zero-order chi connectivity index (χ0) is 15.9. The maximum Gasteiger partial charge on any atom is 0.321 e. The highest BCUT2D eigenvalue weighted by molar-refractivity contribution is 6.03. The second-order valence-corrected chi connectivity index (χ2v) is 5.04. The Balaban J connectivity index is 2.07. The van der Waals surface area contributed by atoms with Gasteiger partial charge in [0.05, 0.1) is 11.3 Å². The minimum Gasteiger partial charge on any atom is -0.348 e. The Labute approximate surface area is 129 Å². The molecule has 2 rings (SSSR count). The molecule has 0 radical (unpaired) electrons. The maximum absolute atomic E-state index is 12.3. The molecule has 2 N–H and O–H groups in total. The van der Waals surface area contributed by atoms with Crippen molar-refractivity contribution in [3.05, 3.63) is 65.7 Å². The van der Waals surface area contributed by atoms with E-state index in [1.165, 1.54) is 4.90 Å². The third-order valence-electron chi connectivity index (χ3n) is 3.12. The summed E-state index contributed by atoms with van der Waals surface area (Å²) in [7, 11) is 3.29. The van der Waals surface area contributed by atoms with E-state index in [-0.39, 0.29) is 11.9 Å². The molecule has 0 heterocycles. The average Bonchev–Trinajstić information content (AvgIpc) is 2.54. The van der Waals surface area contributed by atoms with E-state index < -0.39 is 0 Å². The molecule has 0 aromatic heterocycles. The van der Waals surface area contributed by atoms with E-state index in [1.54, 1.807) is 38.4 Å². The van der Waals surface area contributed by atoms with Gasteiger partial charge in [-0.15, -0.1) is 0 Å². The van der Waals surface area contributed by atoms with Gasteiger partial charge < -0.3 is 15.5 Å². The molecule has 2 aromatic carbocycles. The molecule has 0 saturated carbocycles. The summed E-state index contributed by atoms with van der Waals surface area (Å²) < 4.78 is 0. The molecule has 0 aliphatic rings. The van der Waals surface area contributed by atoms with Crippen LogP contribution in [0.15, 0.2) is 54.6 Å². The minimum atomic E-state index is -0.275. The van der Waals surface area contributed by atoms with Crippen LogP contribution in [0.2, 0.25) is 0 Å². The Morgan fingerprint density at radius 2 is 1.59 bits per heavy atom. The third-order valence-corrected chi connectivity index (χ3v) is 3.12. The molecule has 0 bridgehead atoms. The van der Waals surface area contributed by atoms with Gasteiger partial charge in [-0.05, 0) is 17.7 Å². The fourth-order valence-corrected chi connectivity index (χ4v) is 1.89. The number of carbonyl (C=O) groups excluding carboxylic acids is 2. The standard InChI is InChI=1S/C17H19N3O2/c1-20(2)17(22)19-15-11-7-6-10-14(15)16(21)18-12-13-8-4-3-5-9-13/h3-11H,12H2,1-2H3,(H,18,21)(H,19,22). The van der Waals surface area contributed by atoms with Gasteiger partial charge >= 0.3 is 6.03 Å². The molecule has 0 fully saturated rings. The maximum atomic E-state index is 12.3. The van der Waals surface area contributed by atoms with Crippen LogP contribution in [0.4, 0.5) is 10.5 Å². The summed E-state index contributed by atoms with van der Waals surface area (Å²) in [5.74, 6) is -0.224. The van der Waals surface area contributed by atoms with E-state index in [1.807, 2.05) is 30.3 Å². The van der Waals surface area contributed by atoms with Crippen LogP contribution in [0.25, 0.3) is 0 Å². The van der Waals surface area contributed by atoms with Gasteiger partial charge in [0.2, 0.25) is 0 Å². The van der Waals surface area contributed by atoms with Crippen molar-refractivity contribution in [1.82, 2.24) is 10.2 Å². The molecule has 3 amide bonds. The van der Waals surface area contributed by atoms with Gasteiger partial charge in [0.1, 0.15) is 0 Å². The predicted octanol–water partition coefficient (Wildman–Crippen LogP) is 2.71. The predicted molar refractivity (Wildman–Crippen MR) is 86.8 cm³/mol. The first-order valence-electron chi connectivity index (χ1n) is 6.97. The fraction of sp³-hybridized carbons (Fsp3) is 0.176. The molecule has 0 saturated heterocycles. The summed E-state index contributed by atoms with van der Waals surface area (Å²) in [5, 5.41) is 5.57. The van der Waals surface area contributed by atoms with E-state index in [9.17, 15) is 9.59 Å². The van der Waals surface area contributed by atoms with Crippen LogP contribution in [-0.2, 0) is 6.54 Å². The van der Waals surface area contributed by atoms with E-state index in [4.69, 9.17) is 0 Å². The number of nitrogens with zero attached hydrogens (tertiary/aromatic N) is 1. The van der Waals surface area contributed by atoms with Crippen LogP contribution < -0.4 is 10.6 Å². The lowest BCUT2D eigenvalue weighted by Crippen LogP contribution is -2.29. The van der Waals surface area contributed by atoms with Crippen LogP contribution in [0.1, 0.15) is 15.9 Å². The van der Waals surface area contributed by atoms with Gasteiger partial charge in [-0.3, -0.25) is 4.79 Å². The first kappa shape index (κ1) is 15.6. The molecule has 5 nitrogen and oxygen atoms in total. The molecule has 0 spiro atoms. The summed E-state index contributed by atoms with van der Waals surface area (Å²) in [6.07, 6.45) is 0. The molecule has 114 valence electrons. The number of amides is 3. The van der Waals surface area contributed by atoms with Crippen LogP contribution >= 0.6 is 0 Å². The Morgan fingerprint density at radius 3 is 2.27 bits per heavy atom. The molecule has 5 heteroatoms. The Hall–Kier alpha value is -2.82. The summed E-state index contributed by atoms with van der Waals surface area (Å²) in [4.78, 5) is 25.5. The van der Waals surface area contributed by atoms with E-state index >= 15 is 0 Å². The molecule has 0 aliphatic heterocycles. The highest BCUT2D eigenvalue weighted by Crippen LogP contribution is 2.15. The van der Waals surface area contributed by atoms with Crippen LogP contribution in [-0.4, -0.2) is 30.9 Å². The Kier molecular flexibility index (Phi) is 5.14. The molecular formula is C17H19N3O2. The zero-order valence-electron chi connectivity index (χ0n) is 12.7. The minimum absolute atomic E-state index is 0.224. The van der Waals surface area contributed by atoms with E-state index in [0.717, 1.165) is 5.56 Å². The normalized spacial score (nSPS) is 9.91. The molecule has 0 atom stereocenters. The highest BCUT2D eigenvalue weighted by Gasteiger charge is 2.13. The van der Waals surface area contributed by atoms with Crippen molar-refractivity contribution in [2.24, 2.45) is 0 Å². The number of benzene rings is 2. The van der Waals surface area contributed by atoms with Gasteiger partial charge in [0, 0.05) is 20.6 Å². The van der Waals surface area contributed by atoms with Crippen LogP contribution in [0.5, 0.6) is 0 Å². The second-order valence-electron chi connectivity index (χ2n) is 5.04. The van der Waals surface area contributed by atoms with Crippen LogP contribution in [0.3, 0.4) is 0 Å². The van der Waals surface area contributed by atoms with Crippen molar-refractivity contribution < 1.29 is 9.59 Å². The van der Waals surface area contributed by atoms with Crippen LogP contribution in [0, 0.1) is 0 Å². The summed E-state index contributed by atoms with van der Waals surface area (Å²) in [5.41, 5.74) is 1.95. The summed E-state index contributed by atoms with van der Waals surface area (Å²) in [6, 6.07) is 16.3. The second kappa shape index (κ2) is 7.26. The molecule has 2 aromatic rings. The van der Waals surface area contributed by atoms with Gasteiger partial charge in [0.15, 0.2) is 0 Å². The number of hydrogen-bond acceptors (Lipinski definition) is 2. The molecular weight excluding hydrogens is 278 g/mol. The van der Waals surface area contributed by atoms with Crippen molar-refractivity contribution in [1.29, 1.82) is 0 Å². The van der Waals surface area contributed by atoms with Gasteiger partial charge in [-0.25, -0.2) is 4.79 Å². The molecule has 0 aliphatic carbocycles. The number of rotatable bonds is 4. The first-order chi connectivity index (χ1) is 10.6. The topological polar surface area (TPSA) is 61.4 Å². The number of para-hydroxylation sites is 1. The van der Waals surface area contributed by atoms with Crippen molar-refractivity contribution in [3.8, 4) is 0 Å². The largest absolute Gasteiger partial charge is 0.348 e. The number of hydrogen-bond donors (Lipinski definition) is 2. The van der Waals surface area contributed by atoms with Crippen molar-refractivity contribution in [2.45, 2.75) is 6.54 Å². The fourth-order valence-electron chi connectivity index (χ4n) is 1.89. The van der Waals surface area contributed by atoms with E-state index in [2.05, 4.69) is 10.6 Å². The number of urea groups is 1. The monoisotopic (exact) mass is 297 g/mol. The number of nitrogens with one attached hydrogen (secondary N) is 2. The van der Waals surface area contributed by atoms with Gasteiger partial charge in [-0.2, -0.15) is 0 Å². The lowest BCUT2D eigenvalue weighted by atomic mass is 10.1. The van der Waals surface area contributed by atoms with Crippen molar-refractivity contribution in [2.75, 3.05) is 19.4 Å². The SMILES string of the molecule is CN(C)C(=O)Nc1ccccc1C(=O)NCc1ccccc1. The summed E-state index contributed by atoms with van der Waals surface area (Å²) in [6.45, 7) is 0.440. The zero-order valence-corrected chi connectivity index (χ0v) is 12.7. The first-order valence-corrected chi connectivity index (χ1v) is 6.97. The third kappa shape index (κ3) is 4.09. The van der Waals surface area contributed by atoms with Crippen molar-refractivity contribution >= 4 is 17.6 Å². The van der Waals surface area contributed by atoms with Crippen molar-refractivity contribution in [3.63, 3.8) is 0 Å².